The Morgan fingerprint density at radius 1 is 1.39 bits per heavy atom. The number of aryl methyl sites for hydroxylation is 1. The molecule has 0 bridgehead atoms. The maximum Gasteiger partial charge on any atom is 0.109 e. The van der Waals surface area contributed by atoms with Gasteiger partial charge in [0.2, 0.25) is 0 Å². The Morgan fingerprint density at radius 2 is 2.17 bits per heavy atom. The number of benzene rings is 1. The fraction of sp³-hybridized carbons (Fsp3) is 0.500. The van der Waals surface area contributed by atoms with Crippen LogP contribution < -0.4 is 5.73 Å². The zero-order chi connectivity index (χ0) is 12.5. The van der Waals surface area contributed by atoms with Crippen LogP contribution in [0.4, 0.5) is 5.69 Å². The second-order valence-electron chi connectivity index (χ2n) is 4.84. The molecule has 0 unspecified atom stereocenters. The van der Waals surface area contributed by atoms with Gasteiger partial charge in [0.15, 0.2) is 0 Å². The summed E-state index contributed by atoms with van der Waals surface area (Å²) >= 11 is 2.06. The molecule has 3 nitrogen and oxygen atoms in total. The van der Waals surface area contributed by atoms with Crippen LogP contribution in [-0.4, -0.2) is 21.1 Å². The van der Waals surface area contributed by atoms with Crippen molar-refractivity contribution in [3.63, 3.8) is 0 Å². The number of hydrogen-bond acceptors (Lipinski definition) is 3. The summed E-state index contributed by atoms with van der Waals surface area (Å²) in [6.07, 6.45) is 3.50. The fourth-order valence-electron chi connectivity index (χ4n) is 2.77. The molecule has 1 fully saturated rings. The van der Waals surface area contributed by atoms with Gasteiger partial charge in [-0.25, -0.2) is 4.98 Å². The number of thioether (sulfide) groups is 1. The first-order valence-corrected chi connectivity index (χ1v) is 7.79. The molecule has 18 heavy (non-hydrogen) atoms. The van der Waals surface area contributed by atoms with E-state index in [1.54, 1.807) is 0 Å². The number of nitrogens with zero attached hydrogens (tertiary/aromatic N) is 2. The maximum absolute atomic E-state index is 5.85. The topological polar surface area (TPSA) is 43.8 Å². The van der Waals surface area contributed by atoms with Gasteiger partial charge in [-0.15, -0.1) is 0 Å². The van der Waals surface area contributed by atoms with E-state index < -0.39 is 0 Å². The molecule has 3 rings (SSSR count). The molecular formula is C14H19N3S. The highest BCUT2D eigenvalue weighted by Gasteiger charge is 2.20. The number of fused-ring (bicyclic) bond motifs is 1. The van der Waals surface area contributed by atoms with Crippen LogP contribution in [0.15, 0.2) is 18.2 Å². The largest absolute Gasteiger partial charge is 0.399 e. The number of nitrogen functional groups attached to an aromatic ring is 1. The van der Waals surface area contributed by atoms with E-state index in [4.69, 9.17) is 10.7 Å². The van der Waals surface area contributed by atoms with Gasteiger partial charge >= 0.3 is 0 Å². The molecule has 1 saturated heterocycles. The van der Waals surface area contributed by atoms with Gasteiger partial charge in [-0.3, -0.25) is 0 Å². The zero-order valence-electron chi connectivity index (χ0n) is 10.7. The Hall–Kier alpha value is -1.16. The average Bonchev–Trinajstić information content (AvgIpc) is 2.77. The van der Waals surface area contributed by atoms with Gasteiger partial charge in [-0.2, -0.15) is 11.8 Å². The third-order valence-electron chi connectivity index (χ3n) is 3.66. The van der Waals surface area contributed by atoms with Gasteiger partial charge in [0.25, 0.3) is 0 Å². The molecule has 1 aliphatic rings. The van der Waals surface area contributed by atoms with Crippen LogP contribution in [0, 0.1) is 0 Å². The van der Waals surface area contributed by atoms with E-state index in [1.165, 1.54) is 35.7 Å². The Morgan fingerprint density at radius 3 is 2.89 bits per heavy atom. The smallest absolute Gasteiger partial charge is 0.109 e. The van der Waals surface area contributed by atoms with Gasteiger partial charge < -0.3 is 10.3 Å². The number of rotatable bonds is 2. The Kier molecular flexibility index (Phi) is 3.20. The second-order valence-corrected chi connectivity index (χ2v) is 6.07. The van der Waals surface area contributed by atoms with Crippen LogP contribution in [-0.2, 0) is 6.42 Å². The van der Waals surface area contributed by atoms with Gasteiger partial charge in [0.05, 0.1) is 11.0 Å². The normalized spacial score (nSPS) is 17.4. The molecule has 2 heterocycles. The van der Waals surface area contributed by atoms with Crippen LogP contribution in [0.5, 0.6) is 0 Å². The summed E-state index contributed by atoms with van der Waals surface area (Å²) in [5.41, 5.74) is 8.94. The SMILES string of the molecule is CCc1nc2cc(N)ccc2n1C1CCSCC1. The minimum atomic E-state index is 0.620. The average molecular weight is 261 g/mol. The lowest BCUT2D eigenvalue weighted by Gasteiger charge is -2.25. The molecule has 1 aromatic carbocycles. The quantitative estimate of drug-likeness (QED) is 0.844. The molecule has 4 heteroatoms. The monoisotopic (exact) mass is 261 g/mol. The molecule has 96 valence electrons. The zero-order valence-corrected chi connectivity index (χ0v) is 11.5. The molecule has 0 aliphatic carbocycles. The third-order valence-corrected chi connectivity index (χ3v) is 4.71. The van der Waals surface area contributed by atoms with Crippen LogP contribution >= 0.6 is 11.8 Å². The summed E-state index contributed by atoms with van der Waals surface area (Å²) < 4.78 is 2.45. The van der Waals surface area contributed by atoms with Crippen molar-refractivity contribution in [2.45, 2.75) is 32.2 Å². The van der Waals surface area contributed by atoms with E-state index in [9.17, 15) is 0 Å². The molecule has 0 radical (unpaired) electrons. The third kappa shape index (κ3) is 1.99. The standard InChI is InChI=1S/C14H19N3S/c1-2-14-16-12-9-10(15)3-4-13(12)17(14)11-5-7-18-8-6-11/h3-4,9,11H,2,5-8,15H2,1H3. The highest BCUT2D eigenvalue weighted by Crippen LogP contribution is 2.32. The number of hydrogen-bond donors (Lipinski definition) is 1. The summed E-state index contributed by atoms with van der Waals surface area (Å²) in [5.74, 6) is 3.73. The lowest BCUT2D eigenvalue weighted by Crippen LogP contribution is -2.17. The first-order valence-electron chi connectivity index (χ1n) is 6.63. The van der Waals surface area contributed by atoms with E-state index in [1.807, 2.05) is 12.1 Å². The summed E-state index contributed by atoms with van der Waals surface area (Å²) in [6, 6.07) is 6.72. The van der Waals surface area contributed by atoms with E-state index in [2.05, 4.69) is 29.3 Å². The molecule has 2 aromatic rings. The number of anilines is 1. The summed E-state index contributed by atoms with van der Waals surface area (Å²) in [7, 11) is 0. The fourth-order valence-corrected chi connectivity index (χ4v) is 3.85. The van der Waals surface area contributed by atoms with E-state index in [-0.39, 0.29) is 0 Å². The van der Waals surface area contributed by atoms with E-state index in [0.29, 0.717) is 6.04 Å². The molecule has 1 aliphatic heterocycles. The molecule has 0 saturated carbocycles. The van der Waals surface area contributed by atoms with Gasteiger partial charge in [0, 0.05) is 18.2 Å². The molecular weight excluding hydrogens is 242 g/mol. The predicted molar refractivity (Wildman–Crippen MR) is 79.1 cm³/mol. The van der Waals surface area contributed by atoms with Crippen molar-refractivity contribution in [3.05, 3.63) is 24.0 Å². The van der Waals surface area contributed by atoms with Gasteiger partial charge in [-0.05, 0) is 42.5 Å². The number of imidazole rings is 1. The summed E-state index contributed by atoms with van der Waals surface area (Å²) in [5, 5.41) is 0. The lowest BCUT2D eigenvalue weighted by molar-refractivity contribution is 0.466. The van der Waals surface area contributed by atoms with Gasteiger partial charge in [0.1, 0.15) is 5.82 Å². The molecule has 0 atom stereocenters. The Labute approximate surface area is 112 Å². The highest BCUT2D eigenvalue weighted by atomic mass is 32.2. The van der Waals surface area contributed by atoms with Crippen molar-refractivity contribution in [1.82, 2.24) is 9.55 Å². The molecule has 0 amide bonds. The van der Waals surface area contributed by atoms with Crippen molar-refractivity contribution in [2.24, 2.45) is 0 Å². The van der Waals surface area contributed by atoms with Crippen LogP contribution in [0.1, 0.15) is 31.6 Å². The Balaban J connectivity index is 2.12. The molecule has 1 aromatic heterocycles. The second kappa shape index (κ2) is 4.84. The number of nitrogens with two attached hydrogens (primary N) is 1. The maximum atomic E-state index is 5.85. The van der Waals surface area contributed by atoms with Crippen LogP contribution in [0.3, 0.4) is 0 Å². The minimum absolute atomic E-state index is 0.620. The van der Waals surface area contributed by atoms with Crippen molar-refractivity contribution >= 4 is 28.5 Å². The lowest BCUT2D eigenvalue weighted by atomic mass is 10.1. The summed E-state index contributed by atoms with van der Waals surface area (Å²) in [4.78, 5) is 4.74. The summed E-state index contributed by atoms with van der Waals surface area (Å²) in [6.45, 7) is 2.18. The van der Waals surface area contributed by atoms with Crippen molar-refractivity contribution in [3.8, 4) is 0 Å². The molecule has 2 N–H and O–H groups in total. The molecule has 0 spiro atoms. The van der Waals surface area contributed by atoms with E-state index in [0.717, 1.165) is 17.6 Å². The van der Waals surface area contributed by atoms with E-state index >= 15 is 0 Å². The van der Waals surface area contributed by atoms with Crippen LogP contribution in [0.25, 0.3) is 11.0 Å². The van der Waals surface area contributed by atoms with Gasteiger partial charge in [-0.1, -0.05) is 6.92 Å². The van der Waals surface area contributed by atoms with Crippen molar-refractivity contribution in [1.29, 1.82) is 0 Å². The predicted octanol–water partition coefficient (Wildman–Crippen LogP) is 3.25. The first kappa shape index (κ1) is 11.9. The minimum Gasteiger partial charge on any atom is -0.399 e. The Bertz CT molecular complexity index is 555. The number of aromatic nitrogens is 2. The first-order chi connectivity index (χ1) is 8.79. The van der Waals surface area contributed by atoms with Crippen molar-refractivity contribution in [2.75, 3.05) is 17.2 Å². The van der Waals surface area contributed by atoms with Crippen LogP contribution in [0.2, 0.25) is 0 Å². The highest BCUT2D eigenvalue weighted by molar-refractivity contribution is 7.99. The van der Waals surface area contributed by atoms with Crippen molar-refractivity contribution < 1.29 is 0 Å².